The molecule has 4 rings (SSSR count). The molecule has 2 aromatic carbocycles. The number of methoxy groups -OCH3 is 1. The molecule has 2 atom stereocenters. The monoisotopic (exact) mass is 392 g/mol. The van der Waals surface area contributed by atoms with E-state index in [0.717, 1.165) is 23.2 Å². The van der Waals surface area contributed by atoms with E-state index in [4.69, 9.17) is 4.74 Å². The normalized spacial score (nSPS) is 17.3. The number of nitrogens with zero attached hydrogens (tertiary/aromatic N) is 3. The van der Waals surface area contributed by atoms with Crippen molar-refractivity contribution in [3.8, 4) is 5.75 Å². The van der Waals surface area contributed by atoms with E-state index in [2.05, 4.69) is 10.3 Å². The summed E-state index contributed by atoms with van der Waals surface area (Å²) in [5, 5.41) is 2.92. The molecule has 1 N–H and O–H groups in total. The van der Waals surface area contributed by atoms with Crippen molar-refractivity contribution < 1.29 is 14.3 Å². The lowest BCUT2D eigenvalue weighted by atomic mass is 10.1. The Labute approximate surface area is 169 Å². The second-order valence-electron chi connectivity index (χ2n) is 7.22. The van der Waals surface area contributed by atoms with Crippen LogP contribution in [0, 0.1) is 0 Å². The van der Waals surface area contributed by atoms with Gasteiger partial charge in [0.05, 0.1) is 24.5 Å². The van der Waals surface area contributed by atoms with Gasteiger partial charge in [-0.25, -0.2) is 4.98 Å². The molecule has 2 heterocycles. The zero-order valence-corrected chi connectivity index (χ0v) is 16.5. The number of ether oxygens (including phenoxy) is 1. The average molecular weight is 392 g/mol. The van der Waals surface area contributed by atoms with Crippen LogP contribution in [0.2, 0.25) is 0 Å². The molecule has 1 aliphatic heterocycles. The number of rotatable bonds is 5. The van der Waals surface area contributed by atoms with Crippen LogP contribution >= 0.6 is 0 Å². The number of nitrogens with one attached hydrogen (secondary N) is 1. The third-order valence-corrected chi connectivity index (χ3v) is 5.45. The van der Waals surface area contributed by atoms with Gasteiger partial charge in [-0.1, -0.05) is 12.1 Å². The highest BCUT2D eigenvalue weighted by Gasteiger charge is 2.36. The van der Waals surface area contributed by atoms with E-state index in [1.807, 2.05) is 35.8 Å². The summed E-state index contributed by atoms with van der Waals surface area (Å²) < 4.78 is 7.01. The van der Waals surface area contributed by atoms with Gasteiger partial charge < -0.3 is 19.5 Å². The fraction of sp³-hybridized carbons (Fsp3) is 0.318. The van der Waals surface area contributed by atoms with Gasteiger partial charge in [-0.3, -0.25) is 9.59 Å². The number of benzene rings is 2. The number of hydrogen-bond acceptors (Lipinski definition) is 4. The van der Waals surface area contributed by atoms with Crippen molar-refractivity contribution in [2.75, 3.05) is 19.0 Å². The summed E-state index contributed by atoms with van der Waals surface area (Å²) in [5.41, 5.74) is 2.44. The molecule has 0 saturated carbocycles. The SMILES string of the molecule is COc1ccc(NC(=O)C2CCCN2C(=O)C(C)n2cnc3ccccc32)cc1. The third-order valence-electron chi connectivity index (χ3n) is 5.45. The van der Waals surface area contributed by atoms with E-state index < -0.39 is 12.1 Å². The lowest BCUT2D eigenvalue weighted by molar-refractivity contribution is -0.139. The molecule has 150 valence electrons. The maximum atomic E-state index is 13.2. The fourth-order valence-electron chi connectivity index (χ4n) is 3.85. The number of hydrogen-bond donors (Lipinski definition) is 1. The Balaban J connectivity index is 1.49. The number of imidazole rings is 1. The molecule has 29 heavy (non-hydrogen) atoms. The quantitative estimate of drug-likeness (QED) is 0.723. The topological polar surface area (TPSA) is 76.5 Å². The van der Waals surface area contributed by atoms with Gasteiger partial charge in [-0.15, -0.1) is 0 Å². The molecule has 1 saturated heterocycles. The molecular formula is C22H24N4O3. The highest BCUT2D eigenvalue weighted by Crippen LogP contribution is 2.25. The van der Waals surface area contributed by atoms with E-state index in [0.29, 0.717) is 18.7 Å². The van der Waals surface area contributed by atoms with Crippen LogP contribution in [-0.2, 0) is 9.59 Å². The third kappa shape index (κ3) is 3.68. The van der Waals surface area contributed by atoms with Gasteiger partial charge in [0.2, 0.25) is 11.8 Å². The Morgan fingerprint density at radius 2 is 1.93 bits per heavy atom. The summed E-state index contributed by atoms with van der Waals surface area (Å²) in [4.78, 5) is 32.1. The maximum absolute atomic E-state index is 13.2. The van der Waals surface area contributed by atoms with Crippen molar-refractivity contribution in [3.05, 3.63) is 54.9 Å². The second-order valence-corrected chi connectivity index (χ2v) is 7.22. The average Bonchev–Trinajstić information content (AvgIpc) is 3.40. The predicted octanol–water partition coefficient (Wildman–Crippen LogP) is 3.24. The number of aromatic nitrogens is 2. The summed E-state index contributed by atoms with van der Waals surface area (Å²) in [6, 6.07) is 14.0. The number of anilines is 1. The molecule has 0 radical (unpaired) electrons. The number of amides is 2. The second kappa shape index (κ2) is 7.95. The zero-order chi connectivity index (χ0) is 20.4. The first-order valence-electron chi connectivity index (χ1n) is 9.75. The molecule has 1 aromatic heterocycles. The smallest absolute Gasteiger partial charge is 0.247 e. The molecule has 0 spiro atoms. The van der Waals surface area contributed by atoms with Gasteiger partial charge in [0, 0.05) is 12.2 Å². The van der Waals surface area contributed by atoms with Crippen molar-refractivity contribution in [1.29, 1.82) is 0 Å². The van der Waals surface area contributed by atoms with Crippen LogP contribution in [0.1, 0.15) is 25.8 Å². The first kappa shape index (κ1) is 19.0. The highest BCUT2D eigenvalue weighted by atomic mass is 16.5. The van der Waals surface area contributed by atoms with Gasteiger partial charge in [0.25, 0.3) is 0 Å². The number of fused-ring (bicyclic) bond motifs is 1. The van der Waals surface area contributed by atoms with Gasteiger partial charge in [-0.2, -0.15) is 0 Å². The fourth-order valence-corrected chi connectivity index (χ4v) is 3.85. The van der Waals surface area contributed by atoms with E-state index in [-0.39, 0.29) is 11.8 Å². The maximum Gasteiger partial charge on any atom is 0.247 e. The van der Waals surface area contributed by atoms with Gasteiger partial charge in [-0.05, 0) is 56.2 Å². The van der Waals surface area contributed by atoms with Gasteiger partial charge in [0.15, 0.2) is 0 Å². The predicted molar refractivity (Wildman–Crippen MR) is 111 cm³/mol. The molecule has 0 aliphatic carbocycles. The Morgan fingerprint density at radius 3 is 2.69 bits per heavy atom. The number of likely N-dealkylation sites (tertiary alicyclic amines) is 1. The van der Waals surface area contributed by atoms with Gasteiger partial charge in [0.1, 0.15) is 17.8 Å². The minimum absolute atomic E-state index is 0.0690. The molecule has 0 bridgehead atoms. The van der Waals surface area contributed by atoms with Crippen LogP contribution in [0.25, 0.3) is 11.0 Å². The summed E-state index contributed by atoms with van der Waals surface area (Å²) in [5.74, 6) is 0.492. The van der Waals surface area contributed by atoms with Crippen molar-refractivity contribution in [2.24, 2.45) is 0 Å². The van der Waals surface area contributed by atoms with E-state index in [9.17, 15) is 9.59 Å². The molecule has 2 unspecified atom stereocenters. The largest absolute Gasteiger partial charge is 0.497 e. The zero-order valence-electron chi connectivity index (χ0n) is 16.5. The van der Waals surface area contributed by atoms with Crippen LogP contribution in [0.15, 0.2) is 54.9 Å². The number of carbonyl (C=O) groups excluding carboxylic acids is 2. The summed E-state index contributed by atoms with van der Waals surface area (Å²) in [6.07, 6.45) is 3.16. The van der Waals surface area contributed by atoms with Crippen LogP contribution in [0.3, 0.4) is 0 Å². The molecule has 1 aliphatic rings. The van der Waals surface area contributed by atoms with Crippen molar-refractivity contribution in [3.63, 3.8) is 0 Å². The minimum Gasteiger partial charge on any atom is -0.497 e. The summed E-state index contributed by atoms with van der Waals surface area (Å²) in [7, 11) is 1.60. The molecule has 7 nitrogen and oxygen atoms in total. The molecule has 2 amide bonds. The number of para-hydroxylation sites is 2. The Kier molecular flexibility index (Phi) is 5.20. The van der Waals surface area contributed by atoms with Gasteiger partial charge >= 0.3 is 0 Å². The number of carbonyl (C=O) groups is 2. The lowest BCUT2D eigenvalue weighted by Crippen LogP contribution is -2.45. The molecule has 3 aromatic rings. The van der Waals surface area contributed by atoms with Crippen molar-refractivity contribution in [2.45, 2.75) is 31.8 Å². The Hall–Kier alpha value is -3.35. The van der Waals surface area contributed by atoms with Crippen LogP contribution in [0.4, 0.5) is 5.69 Å². The molecule has 1 fully saturated rings. The first-order chi connectivity index (χ1) is 14.1. The van der Waals surface area contributed by atoms with Crippen LogP contribution < -0.4 is 10.1 Å². The minimum atomic E-state index is -0.471. The van der Waals surface area contributed by atoms with E-state index in [1.54, 1.807) is 42.6 Å². The lowest BCUT2D eigenvalue weighted by Gasteiger charge is -2.27. The Bertz CT molecular complexity index is 1030. The highest BCUT2D eigenvalue weighted by molar-refractivity contribution is 5.98. The van der Waals surface area contributed by atoms with E-state index in [1.165, 1.54) is 0 Å². The standard InChI is InChI=1S/C22H24N4O3/c1-15(26-14-23-18-6-3-4-7-19(18)26)22(28)25-13-5-8-20(25)21(27)24-16-9-11-17(29-2)12-10-16/h3-4,6-7,9-12,14-15,20H,5,8,13H2,1-2H3,(H,24,27). The summed E-state index contributed by atoms with van der Waals surface area (Å²) in [6.45, 7) is 2.43. The molecular weight excluding hydrogens is 368 g/mol. The van der Waals surface area contributed by atoms with E-state index >= 15 is 0 Å². The first-order valence-corrected chi connectivity index (χ1v) is 9.75. The Morgan fingerprint density at radius 1 is 1.17 bits per heavy atom. The van der Waals surface area contributed by atoms with Crippen LogP contribution in [0.5, 0.6) is 5.75 Å². The summed E-state index contributed by atoms with van der Waals surface area (Å²) >= 11 is 0. The van der Waals surface area contributed by atoms with Crippen molar-refractivity contribution in [1.82, 2.24) is 14.5 Å². The molecule has 7 heteroatoms. The van der Waals surface area contributed by atoms with Crippen LogP contribution in [-0.4, -0.2) is 46.0 Å². The van der Waals surface area contributed by atoms with Crippen molar-refractivity contribution >= 4 is 28.5 Å².